The Morgan fingerprint density at radius 2 is 2.12 bits per heavy atom. The molecular weight excluding hydrogens is 216 g/mol. The Morgan fingerprint density at radius 3 is 2.65 bits per heavy atom. The van der Waals surface area contributed by atoms with Gasteiger partial charge in [0.05, 0.1) is 12.2 Å². The van der Waals surface area contributed by atoms with E-state index in [2.05, 4.69) is 33.0 Å². The van der Waals surface area contributed by atoms with Gasteiger partial charge in [-0.15, -0.1) is 0 Å². The Bertz CT molecular complexity index is 258. The average Bonchev–Trinajstić information content (AvgIpc) is 2.61. The van der Waals surface area contributed by atoms with Crippen molar-refractivity contribution >= 4 is 5.91 Å². The highest BCUT2D eigenvalue weighted by atomic mass is 16.5. The van der Waals surface area contributed by atoms with E-state index >= 15 is 0 Å². The van der Waals surface area contributed by atoms with E-state index in [1.165, 1.54) is 0 Å². The molecule has 4 nitrogen and oxygen atoms in total. The predicted octanol–water partition coefficient (Wildman–Crippen LogP) is 1.60. The summed E-state index contributed by atoms with van der Waals surface area (Å²) in [5.74, 6) is 0.639. The zero-order chi connectivity index (χ0) is 13.0. The second kappa shape index (κ2) is 6.36. The van der Waals surface area contributed by atoms with Crippen LogP contribution in [0.25, 0.3) is 0 Å². The van der Waals surface area contributed by atoms with Gasteiger partial charge in [0.1, 0.15) is 0 Å². The lowest BCUT2D eigenvalue weighted by atomic mass is 9.99. The fourth-order valence-electron chi connectivity index (χ4n) is 2.43. The molecule has 0 bridgehead atoms. The molecule has 4 heteroatoms. The second-order valence-electron chi connectivity index (χ2n) is 5.08. The van der Waals surface area contributed by atoms with Crippen LogP contribution in [0.1, 0.15) is 40.5 Å². The van der Waals surface area contributed by atoms with Crippen LogP contribution in [0.4, 0.5) is 0 Å². The standard InChI is InChI=1S/C13H26N2O2/c1-6-9(2)12-13(16)15(11(4)14-12)10(3)7-8-17-5/h9-12,14H,6-8H2,1-5H3. The van der Waals surface area contributed by atoms with E-state index in [1.807, 2.05) is 4.90 Å². The molecule has 0 aromatic heterocycles. The molecule has 0 aliphatic carbocycles. The van der Waals surface area contributed by atoms with Crippen molar-refractivity contribution in [2.75, 3.05) is 13.7 Å². The van der Waals surface area contributed by atoms with Crippen LogP contribution in [0.5, 0.6) is 0 Å². The van der Waals surface area contributed by atoms with Crippen LogP contribution in [0.2, 0.25) is 0 Å². The van der Waals surface area contributed by atoms with E-state index in [0.717, 1.165) is 12.8 Å². The predicted molar refractivity (Wildman–Crippen MR) is 68.6 cm³/mol. The third-order valence-electron chi connectivity index (χ3n) is 3.79. The van der Waals surface area contributed by atoms with Gasteiger partial charge in [0.25, 0.3) is 0 Å². The minimum atomic E-state index is -0.0139. The fourth-order valence-corrected chi connectivity index (χ4v) is 2.43. The van der Waals surface area contributed by atoms with E-state index in [-0.39, 0.29) is 24.2 Å². The minimum absolute atomic E-state index is 0.0139. The molecule has 1 saturated heterocycles. The maximum Gasteiger partial charge on any atom is 0.241 e. The quantitative estimate of drug-likeness (QED) is 0.769. The summed E-state index contributed by atoms with van der Waals surface area (Å²) >= 11 is 0. The molecule has 0 aromatic carbocycles. The van der Waals surface area contributed by atoms with Gasteiger partial charge < -0.3 is 9.64 Å². The van der Waals surface area contributed by atoms with Gasteiger partial charge >= 0.3 is 0 Å². The molecule has 1 aliphatic rings. The number of carbonyl (C=O) groups is 1. The highest BCUT2D eigenvalue weighted by Crippen LogP contribution is 2.22. The molecule has 0 spiro atoms. The van der Waals surface area contributed by atoms with Crippen LogP contribution < -0.4 is 5.32 Å². The molecule has 4 unspecified atom stereocenters. The summed E-state index contributed by atoms with van der Waals surface area (Å²) in [6.45, 7) is 9.11. The molecule has 4 atom stereocenters. The van der Waals surface area contributed by atoms with Gasteiger partial charge in [-0.2, -0.15) is 0 Å². The molecule has 1 N–H and O–H groups in total. The highest BCUT2D eigenvalue weighted by Gasteiger charge is 2.40. The first-order valence-corrected chi connectivity index (χ1v) is 6.60. The monoisotopic (exact) mass is 242 g/mol. The van der Waals surface area contributed by atoms with Gasteiger partial charge in [-0.3, -0.25) is 10.1 Å². The highest BCUT2D eigenvalue weighted by molar-refractivity contribution is 5.84. The van der Waals surface area contributed by atoms with Crippen LogP contribution in [-0.4, -0.2) is 42.8 Å². The number of hydrogen-bond donors (Lipinski definition) is 1. The molecule has 1 fully saturated rings. The van der Waals surface area contributed by atoms with E-state index < -0.39 is 0 Å². The summed E-state index contributed by atoms with van der Waals surface area (Å²) in [5.41, 5.74) is 0. The summed E-state index contributed by atoms with van der Waals surface area (Å²) in [6.07, 6.45) is 2.05. The van der Waals surface area contributed by atoms with Crippen molar-refractivity contribution < 1.29 is 9.53 Å². The number of nitrogens with zero attached hydrogens (tertiary/aromatic N) is 1. The van der Waals surface area contributed by atoms with Gasteiger partial charge in [-0.1, -0.05) is 20.3 Å². The van der Waals surface area contributed by atoms with Crippen molar-refractivity contribution in [2.24, 2.45) is 5.92 Å². The minimum Gasteiger partial charge on any atom is -0.385 e. The number of amides is 1. The molecule has 17 heavy (non-hydrogen) atoms. The van der Waals surface area contributed by atoms with Crippen molar-refractivity contribution in [3.8, 4) is 0 Å². The maximum atomic E-state index is 12.3. The topological polar surface area (TPSA) is 41.6 Å². The first-order valence-electron chi connectivity index (χ1n) is 6.60. The van der Waals surface area contributed by atoms with E-state index in [9.17, 15) is 4.79 Å². The lowest BCUT2D eigenvalue weighted by Gasteiger charge is -2.28. The Kier molecular flexibility index (Phi) is 5.40. The van der Waals surface area contributed by atoms with Crippen LogP contribution in [0, 0.1) is 5.92 Å². The maximum absolute atomic E-state index is 12.3. The summed E-state index contributed by atoms with van der Waals surface area (Å²) in [7, 11) is 1.70. The Balaban J connectivity index is 2.64. The van der Waals surface area contributed by atoms with Crippen molar-refractivity contribution in [1.29, 1.82) is 0 Å². The van der Waals surface area contributed by atoms with Gasteiger partial charge in [-0.25, -0.2) is 0 Å². The number of carbonyl (C=O) groups excluding carboxylic acids is 1. The molecule has 0 saturated carbocycles. The lowest BCUT2D eigenvalue weighted by molar-refractivity contribution is -0.132. The number of ether oxygens (including phenoxy) is 1. The third kappa shape index (κ3) is 3.19. The van der Waals surface area contributed by atoms with Crippen LogP contribution in [0.15, 0.2) is 0 Å². The first kappa shape index (κ1) is 14.5. The largest absolute Gasteiger partial charge is 0.385 e. The summed E-state index contributed by atoms with van der Waals surface area (Å²) in [4.78, 5) is 14.3. The summed E-state index contributed by atoms with van der Waals surface area (Å²) < 4.78 is 5.08. The number of hydrogen-bond acceptors (Lipinski definition) is 3. The smallest absolute Gasteiger partial charge is 0.241 e. The molecular formula is C13H26N2O2. The van der Waals surface area contributed by atoms with E-state index in [4.69, 9.17) is 4.74 Å². The van der Waals surface area contributed by atoms with Gasteiger partial charge in [0.2, 0.25) is 5.91 Å². The Morgan fingerprint density at radius 1 is 1.47 bits per heavy atom. The molecule has 0 aromatic rings. The molecule has 0 radical (unpaired) electrons. The zero-order valence-electron chi connectivity index (χ0n) is 11.7. The number of nitrogens with one attached hydrogen (secondary N) is 1. The molecule has 1 rings (SSSR count). The molecule has 1 amide bonds. The van der Waals surface area contributed by atoms with Gasteiger partial charge in [-0.05, 0) is 26.2 Å². The van der Waals surface area contributed by atoms with Crippen LogP contribution in [-0.2, 0) is 9.53 Å². The third-order valence-corrected chi connectivity index (χ3v) is 3.79. The number of methoxy groups -OCH3 is 1. The normalized spacial score (nSPS) is 28.5. The average molecular weight is 242 g/mol. The Hall–Kier alpha value is -0.610. The first-order chi connectivity index (χ1) is 8.02. The van der Waals surface area contributed by atoms with Crippen molar-refractivity contribution in [3.63, 3.8) is 0 Å². The van der Waals surface area contributed by atoms with E-state index in [0.29, 0.717) is 12.5 Å². The molecule has 1 heterocycles. The van der Waals surface area contributed by atoms with Gasteiger partial charge in [0.15, 0.2) is 0 Å². The lowest BCUT2D eigenvalue weighted by Crippen LogP contribution is -2.42. The van der Waals surface area contributed by atoms with Crippen molar-refractivity contribution in [1.82, 2.24) is 10.2 Å². The van der Waals surface area contributed by atoms with Crippen molar-refractivity contribution in [3.05, 3.63) is 0 Å². The summed E-state index contributed by atoms with van der Waals surface area (Å²) in [6, 6.07) is 0.221. The fraction of sp³-hybridized carbons (Fsp3) is 0.923. The van der Waals surface area contributed by atoms with Gasteiger partial charge in [0, 0.05) is 19.8 Å². The van der Waals surface area contributed by atoms with Crippen LogP contribution >= 0.6 is 0 Å². The number of rotatable bonds is 6. The zero-order valence-corrected chi connectivity index (χ0v) is 11.7. The van der Waals surface area contributed by atoms with Crippen LogP contribution in [0.3, 0.4) is 0 Å². The molecule has 100 valence electrons. The Labute approximate surface area is 105 Å². The van der Waals surface area contributed by atoms with Crippen molar-refractivity contribution in [2.45, 2.75) is 58.8 Å². The summed E-state index contributed by atoms with van der Waals surface area (Å²) in [5, 5.41) is 3.40. The second-order valence-corrected chi connectivity index (χ2v) is 5.08. The SMILES string of the molecule is CCC(C)C1NC(C)N(C(C)CCOC)C1=O. The molecule has 1 aliphatic heterocycles. The van der Waals surface area contributed by atoms with E-state index in [1.54, 1.807) is 7.11 Å².